The first-order valence-electron chi connectivity index (χ1n) is 8.83. The number of methoxy groups -OCH3 is 1. The van der Waals surface area contributed by atoms with Crippen LogP contribution >= 0.6 is 0 Å². The molecule has 140 valence electrons. The van der Waals surface area contributed by atoms with Gasteiger partial charge < -0.3 is 19.2 Å². The van der Waals surface area contributed by atoms with Gasteiger partial charge in [-0.1, -0.05) is 24.3 Å². The summed E-state index contributed by atoms with van der Waals surface area (Å²) < 4.78 is 12.6. The van der Waals surface area contributed by atoms with E-state index in [1.807, 2.05) is 59.3 Å². The van der Waals surface area contributed by atoms with Gasteiger partial charge in [0.25, 0.3) is 5.91 Å². The van der Waals surface area contributed by atoms with Crippen molar-refractivity contribution < 1.29 is 14.3 Å². The van der Waals surface area contributed by atoms with E-state index in [0.717, 1.165) is 22.7 Å². The summed E-state index contributed by atoms with van der Waals surface area (Å²) in [4.78, 5) is 17.0. The Bertz CT molecular complexity index is 1070. The molecular formula is C22H19N3O3. The second kappa shape index (κ2) is 7.84. The number of hydrogen-bond donors (Lipinski definition) is 1. The maximum absolute atomic E-state index is 12.4. The van der Waals surface area contributed by atoms with Gasteiger partial charge in [0.05, 0.1) is 18.5 Å². The van der Waals surface area contributed by atoms with E-state index < -0.39 is 0 Å². The number of rotatable bonds is 6. The normalized spacial score (nSPS) is 10.6. The predicted molar refractivity (Wildman–Crippen MR) is 108 cm³/mol. The Morgan fingerprint density at radius 3 is 2.54 bits per heavy atom. The summed E-state index contributed by atoms with van der Waals surface area (Å²) >= 11 is 0. The van der Waals surface area contributed by atoms with Gasteiger partial charge in [-0.3, -0.25) is 4.79 Å². The van der Waals surface area contributed by atoms with E-state index in [-0.39, 0.29) is 12.5 Å². The lowest BCUT2D eigenvalue weighted by atomic mass is 10.1. The molecule has 2 heterocycles. The van der Waals surface area contributed by atoms with E-state index in [0.29, 0.717) is 11.4 Å². The number of aromatic nitrogens is 2. The molecule has 0 fully saturated rings. The fraction of sp³-hybridized carbons (Fsp3) is 0.0909. The molecular weight excluding hydrogens is 354 g/mol. The van der Waals surface area contributed by atoms with Crippen LogP contribution in [0.3, 0.4) is 0 Å². The highest BCUT2D eigenvalue weighted by molar-refractivity contribution is 5.96. The van der Waals surface area contributed by atoms with Gasteiger partial charge in [-0.2, -0.15) is 0 Å². The molecule has 0 radical (unpaired) electrons. The summed E-state index contributed by atoms with van der Waals surface area (Å²) in [5.74, 6) is 1.09. The largest absolute Gasteiger partial charge is 0.497 e. The van der Waals surface area contributed by atoms with Crippen molar-refractivity contribution in [2.75, 3.05) is 19.0 Å². The number of hydrogen-bond acceptors (Lipinski definition) is 4. The molecule has 4 rings (SSSR count). The number of amides is 1. The van der Waals surface area contributed by atoms with Crippen LogP contribution in [0.15, 0.2) is 79.1 Å². The van der Waals surface area contributed by atoms with Crippen LogP contribution in [0.25, 0.3) is 16.9 Å². The zero-order chi connectivity index (χ0) is 19.3. The third-order valence-electron chi connectivity index (χ3n) is 4.27. The lowest BCUT2D eigenvalue weighted by Crippen LogP contribution is -2.20. The Morgan fingerprint density at radius 1 is 1.00 bits per heavy atom. The number of para-hydroxylation sites is 1. The second-order valence-corrected chi connectivity index (χ2v) is 6.15. The monoisotopic (exact) mass is 373 g/mol. The van der Waals surface area contributed by atoms with Crippen molar-refractivity contribution in [3.8, 4) is 22.8 Å². The van der Waals surface area contributed by atoms with Crippen molar-refractivity contribution in [2.24, 2.45) is 0 Å². The quantitative estimate of drug-likeness (QED) is 0.554. The summed E-state index contributed by atoms with van der Waals surface area (Å²) in [5, 5.41) is 2.91. The third-order valence-corrected chi connectivity index (χ3v) is 4.27. The summed E-state index contributed by atoms with van der Waals surface area (Å²) in [5.41, 5.74) is 3.18. The molecule has 0 saturated carbocycles. The number of anilines is 1. The van der Waals surface area contributed by atoms with Gasteiger partial charge in [-0.05, 0) is 42.5 Å². The maximum atomic E-state index is 12.4. The molecule has 0 bridgehead atoms. The van der Waals surface area contributed by atoms with Crippen molar-refractivity contribution in [3.63, 3.8) is 0 Å². The molecule has 0 aliphatic rings. The Hall–Kier alpha value is -3.80. The summed E-state index contributed by atoms with van der Waals surface area (Å²) in [7, 11) is 1.60. The van der Waals surface area contributed by atoms with Crippen LogP contribution in [0, 0.1) is 0 Å². The van der Waals surface area contributed by atoms with Crippen LogP contribution in [0.2, 0.25) is 0 Å². The van der Waals surface area contributed by atoms with Crippen LogP contribution in [-0.2, 0) is 4.79 Å². The Labute approximate surface area is 162 Å². The van der Waals surface area contributed by atoms with Gasteiger partial charge in [0.15, 0.2) is 6.61 Å². The highest BCUT2D eigenvalue weighted by Gasteiger charge is 2.12. The Balaban J connectivity index is 1.47. The number of fused-ring (bicyclic) bond motifs is 1. The van der Waals surface area contributed by atoms with Gasteiger partial charge in [-0.15, -0.1) is 0 Å². The number of imidazole rings is 1. The molecule has 1 N–H and O–H groups in total. The van der Waals surface area contributed by atoms with Crippen molar-refractivity contribution >= 4 is 17.2 Å². The smallest absolute Gasteiger partial charge is 0.262 e. The van der Waals surface area contributed by atoms with Crippen LogP contribution < -0.4 is 14.8 Å². The topological polar surface area (TPSA) is 64.9 Å². The van der Waals surface area contributed by atoms with E-state index in [4.69, 9.17) is 9.47 Å². The van der Waals surface area contributed by atoms with Gasteiger partial charge >= 0.3 is 0 Å². The number of carbonyl (C=O) groups excluding carboxylic acids is 1. The predicted octanol–water partition coefficient (Wildman–Crippen LogP) is 4.03. The number of benzene rings is 2. The minimum absolute atomic E-state index is 0.0914. The molecule has 0 saturated heterocycles. The molecule has 28 heavy (non-hydrogen) atoms. The van der Waals surface area contributed by atoms with Crippen LogP contribution in [-0.4, -0.2) is 29.0 Å². The minimum atomic E-state index is -0.243. The highest BCUT2D eigenvalue weighted by atomic mass is 16.5. The van der Waals surface area contributed by atoms with Crippen LogP contribution in [0.4, 0.5) is 5.69 Å². The zero-order valence-electron chi connectivity index (χ0n) is 15.3. The number of pyridine rings is 1. The average Bonchev–Trinajstić information content (AvgIpc) is 3.17. The number of carbonyl (C=O) groups is 1. The van der Waals surface area contributed by atoms with Crippen molar-refractivity contribution in [3.05, 3.63) is 79.1 Å². The molecule has 6 nitrogen and oxygen atoms in total. The van der Waals surface area contributed by atoms with Gasteiger partial charge in [0.1, 0.15) is 17.1 Å². The first kappa shape index (κ1) is 17.6. The maximum Gasteiger partial charge on any atom is 0.262 e. The van der Waals surface area contributed by atoms with Gasteiger partial charge in [0.2, 0.25) is 0 Å². The molecule has 0 unspecified atom stereocenters. The van der Waals surface area contributed by atoms with Crippen molar-refractivity contribution in [2.45, 2.75) is 0 Å². The van der Waals surface area contributed by atoms with Crippen LogP contribution in [0.5, 0.6) is 11.5 Å². The Kier molecular flexibility index (Phi) is 4.93. The first-order chi connectivity index (χ1) is 13.7. The SMILES string of the molecule is COc1ccc(OCC(=O)Nc2ccccc2-c2cn3ccccc3n2)cc1. The fourth-order valence-corrected chi connectivity index (χ4v) is 2.89. The van der Waals surface area contributed by atoms with Gasteiger partial charge in [0, 0.05) is 18.0 Å². The summed E-state index contributed by atoms with van der Waals surface area (Å²) in [6.45, 7) is -0.0914. The average molecular weight is 373 g/mol. The molecule has 0 aliphatic heterocycles. The summed E-state index contributed by atoms with van der Waals surface area (Å²) in [6, 6.07) is 20.5. The molecule has 2 aromatic heterocycles. The third kappa shape index (κ3) is 3.81. The van der Waals surface area contributed by atoms with E-state index in [1.165, 1.54) is 0 Å². The number of ether oxygens (including phenoxy) is 2. The molecule has 0 aliphatic carbocycles. The molecule has 0 atom stereocenters. The lowest BCUT2D eigenvalue weighted by Gasteiger charge is -2.10. The van der Waals surface area contributed by atoms with E-state index in [2.05, 4.69) is 10.3 Å². The molecule has 2 aromatic carbocycles. The van der Waals surface area contributed by atoms with E-state index >= 15 is 0 Å². The summed E-state index contributed by atoms with van der Waals surface area (Å²) in [6.07, 6.45) is 3.88. The van der Waals surface area contributed by atoms with Crippen LogP contribution in [0.1, 0.15) is 0 Å². The number of nitrogens with zero attached hydrogens (tertiary/aromatic N) is 2. The standard InChI is InChI=1S/C22H19N3O3/c1-27-16-9-11-17(12-10-16)28-15-22(26)24-19-7-3-2-6-18(19)20-14-25-13-5-4-8-21(25)23-20/h2-14H,15H2,1H3,(H,24,26). The lowest BCUT2D eigenvalue weighted by molar-refractivity contribution is -0.118. The van der Waals surface area contributed by atoms with E-state index in [9.17, 15) is 4.79 Å². The van der Waals surface area contributed by atoms with Crippen molar-refractivity contribution in [1.29, 1.82) is 0 Å². The number of nitrogens with one attached hydrogen (secondary N) is 1. The fourth-order valence-electron chi connectivity index (χ4n) is 2.89. The minimum Gasteiger partial charge on any atom is -0.497 e. The highest BCUT2D eigenvalue weighted by Crippen LogP contribution is 2.27. The van der Waals surface area contributed by atoms with E-state index in [1.54, 1.807) is 31.4 Å². The van der Waals surface area contributed by atoms with Gasteiger partial charge in [-0.25, -0.2) is 4.98 Å². The zero-order valence-corrected chi connectivity index (χ0v) is 15.3. The van der Waals surface area contributed by atoms with Crippen molar-refractivity contribution in [1.82, 2.24) is 9.38 Å². The molecule has 6 heteroatoms. The Morgan fingerprint density at radius 2 is 1.75 bits per heavy atom. The molecule has 4 aromatic rings. The second-order valence-electron chi connectivity index (χ2n) is 6.15. The first-order valence-corrected chi connectivity index (χ1v) is 8.83. The molecule has 1 amide bonds. The molecule has 0 spiro atoms.